The van der Waals surface area contributed by atoms with Crippen molar-refractivity contribution in [2.45, 2.75) is 38.1 Å². The Kier molecular flexibility index (Phi) is 3.00. The number of nitro benzene ring substituents is 1. The largest absolute Gasteiger partial charge is 0.374 e. The quantitative estimate of drug-likeness (QED) is 0.648. The predicted octanol–water partition coefficient (Wildman–Crippen LogP) is 3.48. The van der Waals surface area contributed by atoms with Crippen molar-refractivity contribution in [2.24, 2.45) is 0 Å². The van der Waals surface area contributed by atoms with Gasteiger partial charge in [0.15, 0.2) is 0 Å². The van der Waals surface area contributed by atoms with Crippen molar-refractivity contribution in [2.75, 3.05) is 5.32 Å². The number of anilines is 1. The molecule has 1 aromatic rings. The molecule has 1 aliphatic rings. The Morgan fingerprint density at radius 3 is 2.65 bits per heavy atom. The summed E-state index contributed by atoms with van der Waals surface area (Å²) in [6.07, 6.45) is 4.13. The topological polar surface area (TPSA) is 55.2 Å². The number of rotatable bonds is 3. The van der Waals surface area contributed by atoms with Crippen LogP contribution in [0, 0.1) is 15.9 Å². The van der Waals surface area contributed by atoms with Gasteiger partial charge in [0, 0.05) is 5.54 Å². The average Bonchev–Trinajstić information content (AvgIpc) is 2.64. The molecule has 4 nitrogen and oxygen atoms in total. The van der Waals surface area contributed by atoms with Crippen molar-refractivity contribution < 1.29 is 9.31 Å². The molecule has 1 fully saturated rings. The number of nitro groups is 1. The second kappa shape index (κ2) is 4.31. The van der Waals surface area contributed by atoms with Gasteiger partial charge in [-0.15, -0.1) is 0 Å². The Labute approximate surface area is 99.0 Å². The minimum atomic E-state index is -0.790. The van der Waals surface area contributed by atoms with Crippen molar-refractivity contribution >= 4 is 11.4 Å². The van der Waals surface area contributed by atoms with Crippen molar-refractivity contribution in [3.63, 3.8) is 0 Å². The maximum Gasteiger partial charge on any atom is 0.327 e. The molecule has 1 N–H and O–H groups in total. The van der Waals surface area contributed by atoms with E-state index in [4.69, 9.17) is 0 Å². The van der Waals surface area contributed by atoms with E-state index >= 15 is 0 Å². The third-order valence-electron chi connectivity index (χ3n) is 3.31. The molecule has 1 saturated carbocycles. The lowest BCUT2D eigenvalue weighted by Gasteiger charge is -2.26. The molecule has 0 heterocycles. The zero-order valence-electron chi connectivity index (χ0n) is 9.70. The van der Waals surface area contributed by atoms with Gasteiger partial charge in [-0.25, -0.2) is 0 Å². The molecule has 0 saturated heterocycles. The van der Waals surface area contributed by atoms with Gasteiger partial charge in [0.2, 0.25) is 5.82 Å². The molecule has 1 aromatic carbocycles. The standard InChI is InChI=1S/C12H15FN2O2/c1-12(7-2-3-8-12)14-10-6-4-5-9(13)11(10)15(16)17/h4-6,14H,2-3,7-8H2,1H3. The average molecular weight is 238 g/mol. The first-order chi connectivity index (χ1) is 8.02. The highest BCUT2D eigenvalue weighted by Gasteiger charge is 2.31. The van der Waals surface area contributed by atoms with Gasteiger partial charge < -0.3 is 5.32 Å². The summed E-state index contributed by atoms with van der Waals surface area (Å²) in [7, 11) is 0. The van der Waals surface area contributed by atoms with Gasteiger partial charge in [-0.05, 0) is 31.9 Å². The summed E-state index contributed by atoms with van der Waals surface area (Å²) in [5.41, 5.74) is -0.335. The van der Waals surface area contributed by atoms with Crippen LogP contribution in [0.4, 0.5) is 15.8 Å². The zero-order chi connectivity index (χ0) is 12.5. The van der Waals surface area contributed by atoms with Crippen molar-refractivity contribution in [3.05, 3.63) is 34.1 Å². The summed E-state index contributed by atoms with van der Waals surface area (Å²) in [6, 6.07) is 4.16. The molecule has 0 amide bonds. The van der Waals surface area contributed by atoms with Gasteiger partial charge in [-0.3, -0.25) is 10.1 Å². The van der Waals surface area contributed by atoms with Crippen LogP contribution in [0.5, 0.6) is 0 Å². The third kappa shape index (κ3) is 2.38. The molecule has 0 spiro atoms. The lowest BCUT2D eigenvalue weighted by atomic mass is 10.00. The summed E-state index contributed by atoms with van der Waals surface area (Å²) < 4.78 is 13.4. The van der Waals surface area contributed by atoms with E-state index in [0.717, 1.165) is 31.7 Å². The SMILES string of the molecule is CC1(Nc2cccc(F)c2[N+](=O)[O-])CCCC1. The predicted molar refractivity (Wildman–Crippen MR) is 63.6 cm³/mol. The second-order valence-electron chi connectivity index (χ2n) is 4.79. The number of nitrogens with one attached hydrogen (secondary N) is 1. The number of benzene rings is 1. The second-order valence-corrected chi connectivity index (χ2v) is 4.79. The fourth-order valence-corrected chi connectivity index (χ4v) is 2.41. The van der Waals surface area contributed by atoms with Crippen LogP contribution in [0.2, 0.25) is 0 Å². The molecule has 1 aliphatic carbocycles. The van der Waals surface area contributed by atoms with E-state index in [1.54, 1.807) is 6.07 Å². The Morgan fingerprint density at radius 1 is 1.41 bits per heavy atom. The van der Waals surface area contributed by atoms with E-state index in [0.29, 0.717) is 0 Å². The highest BCUT2D eigenvalue weighted by molar-refractivity contribution is 5.63. The van der Waals surface area contributed by atoms with Crippen LogP contribution in [-0.2, 0) is 0 Å². The van der Waals surface area contributed by atoms with E-state index in [1.165, 1.54) is 6.07 Å². The normalized spacial score (nSPS) is 18.0. The molecule has 0 aromatic heterocycles. The lowest BCUT2D eigenvalue weighted by Crippen LogP contribution is -2.31. The van der Waals surface area contributed by atoms with Gasteiger partial charge in [-0.1, -0.05) is 18.9 Å². The van der Waals surface area contributed by atoms with E-state index in [-0.39, 0.29) is 11.2 Å². The molecule has 92 valence electrons. The molecule has 0 unspecified atom stereocenters. The Hall–Kier alpha value is -1.65. The Bertz CT molecular complexity index is 442. The first-order valence-corrected chi connectivity index (χ1v) is 5.73. The summed E-state index contributed by atoms with van der Waals surface area (Å²) in [5, 5.41) is 14.0. The fraction of sp³-hybridized carbons (Fsp3) is 0.500. The third-order valence-corrected chi connectivity index (χ3v) is 3.31. The maximum absolute atomic E-state index is 13.4. The van der Waals surface area contributed by atoms with Gasteiger partial charge in [0.05, 0.1) is 4.92 Å². The van der Waals surface area contributed by atoms with E-state index < -0.39 is 16.4 Å². The van der Waals surface area contributed by atoms with E-state index in [1.807, 2.05) is 6.92 Å². The molecule has 2 rings (SSSR count). The zero-order valence-corrected chi connectivity index (χ0v) is 9.70. The van der Waals surface area contributed by atoms with Crippen molar-refractivity contribution in [3.8, 4) is 0 Å². The number of hydrogen-bond acceptors (Lipinski definition) is 3. The highest BCUT2D eigenvalue weighted by Crippen LogP contribution is 2.36. The lowest BCUT2D eigenvalue weighted by molar-refractivity contribution is -0.386. The van der Waals surface area contributed by atoms with Gasteiger partial charge in [0.1, 0.15) is 5.69 Å². The van der Waals surface area contributed by atoms with Crippen LogP contribution in [-0.4, -0.2) is 10.5 Å². The molecule has 0 aliphatic heterocycles. The summed E-state index contributed by atoms with van der Waals surface area (Å²) in [4.78, 5) is 10.2. The van der Waals surface area contributed by atoms with Crippen LogP contribution < -0.4 is 5.32 Å². The number of nitrogens with zero attached hydrogens (tertiary/aromatic N) is 1. The van der Waals surface area contributed by atoms with Crippen LogP contribution in [0.3, 0.4) is 0 Å². The van der Waals surface area contributed by atoms with Gasteiger partial charge >= 0.3 is 5.69 Å². The van der Waals surface area contributed by atoms with Crippen LogP contribution in [0.25, 0.3) is 0 Å². The highest BCUT2D eigenvalue weighted by atomic mass is 19.1. The van der Waals surface area contributed by atoms with Crippen LogP contribution >= 0.6 is 0 Å². The first kappa shape index (κ1) is 11.8. The Balaban J connectivity index is 2.32. The Morgan fingerprint density at radius 2 is 2.06 bits per heavy atom. The van der Waals surface area contributed by atoms with Crippen LogP contribution in [0.15, 0.2) is 18.2 Å². The first-order valence-electron chi connectivity index (χ1n) is 5.73. The molecule has 0 radical (unpaired) electrons. The number of para-hydroxylation sites is 1. The molecular weight excluding hydrogens is 223 g/mol. The molecule has 0 bridgehead atoms. The van der Waals surface area contributed by atoms with Crippen molar-refractivity contribution in [1.29, 1.82) is 0 Å². The smallest absolute Gasteiger partial charge is 0.327 e. The van der Waals surface area contributed by atoms with E-state index in [9.17, 15) is 14.5 Å². The summed E-state index contributed by atoms with van der Waals surface area (Å²) >= 11 is 0. The van der Waals surface area contributed by atoms with Crippen LogP contribution in [0.1, 0.15) is 32.6 Å². The molecule has 0 atom stereocenters. The summed E-state index contributed by atoms with van der Waals surface area (Å²) in [6.45, 7) is 2.02. The molecule has 5 heteroatoms. The maximum atomic E-state index is 13.4. The number of halogens is 1. The van der Waals surface area contributed by atoms with Crippen molar-refractivity contribution in [1.82, 2.24) is 0 Å². The van der Waals surface area contributed by atoms with Gasteiger partial charge in [0.25, 0.3) is 0 Å². The van der Waals surface area contributed by atoms with Gasteiger partial charge in [-0.2, -0.15) is 4.39 Å². The summed E-state index contributed by atoms with van der Waals surface area (Å²) in [5.74, 6) is -0.790. The fourth-order valence-electron chi connectivity index (χ4n) is 2.41. The number of hydrogen-bond donors (Lipinski definition) is 1. The molecule has 17 heavy (non-hydrogen) atoms. The minimum absolute atomic E-state index is 0.154. The monoisotopic (exact) mass is 238 g/mol. The molecular formula is C12H15FN2O2. The minimum Gasteiger partial charge on any atom is -0.374 e. The van der Waals surface area contributed by atoms with E-state index in [2.05, 4.69) is 5.32 Å².